The smallest absolute Gasteiger partial charge is 0.315 e. The van der Waals surface area contributed by atoms with Crippen LogP contribution in [0, 0.1) is 6.92 Å². The standard InChI is InChI=1S/C21H23N5O/c1-15-5-2-7-17(11-15)18-8-3-6-16(12-18)13-22-21(27)23-14-20-25-24-19-9-4-10-26(19)20/h2-3,5-8,11-12H,4,9-10,13-14H2,1H3,(H2,22,23,27). The Morgan fingerprint density at radius 1 is 1.04 bits per heavy atom. The maximum atomic E-state index is 12.1. The summed E-state index contributed by atoms with van der Waals surface area (Å²) in [6, 6.07) is 16.4. The molecule has 2 aromatic carbocycles. The molecule has 2 heterocycles. The van der Waals surface area contributed by atoms with Gasteiger partial charge in [-0.1, -0.05) is 48.0 Å². The highest BCUT2D eigenvalue weighted by Gasteiger charge is 2.17. The third-order valence-electron chi connectivity index (χ3n) is 4.82. The average Bonchev–Trinajstić information content (AvgIpc) is 3.29. The molecule has 0 radical (unpaired) electrons. The Hall–Kier alpha value is -3.15. The van der Waals surface area contributed by atoms with Gasteiger partial charge >= 0.3 is 6.03 Å². The van der Waals surface area contributed by atoms with Crippen LogP contribution in [0.3, 0.4) is 0 Å². The lowest BCUT2D eigenvalue weighted by molar-refractivity contribution is 0.239. The zero-order valence-corrected chi connectivity index (χ0v) is 15.4. The minimum Gasteiger partial charge on any atom is -0.334 e. The van der Waals surface area contributed by atoms with Gasteiger partial charge in [0.1, 0.15) is 5.82 Å². The predicted molar refractivity (Wildman–Crippen MR) is 104 cm³/mol. The fourth-order valence-corrected chi connectivity index (χ4v) is 3.43. The highest BCUT2D eigenvalue weighted by Crippen LogP contribution is 2.21. The normalized spacial score (nSPS) is 12.6. The van der Waals surface area contributed by atoms with Crippen molar-refractivity contribution in [3.8, 4) is 11.1 Å². The first kappa shape index (κ1) is 17.3. The van der Waals surface area contributed by atoms with E-state index >= 15 is 0 Å². The summed E-state index contributed by atoms with van der Waals surface area (Å²) < 4.78 is 2.09. The van der Waals surface area contributed by atoms with Gasteiger partial charge in [-0.3, -0.25) is 0 Å². The highest BCUT2D eigenvalue weighted by atomic mass is 16.2. The fourth-order valence-electron chi connectivity index (χ4n) is 3.43. The molecule has 6 heteroatoms. The zero-order chi connectivity index (χ0) is 18.6. The van der Waals surface area contributed by atoms with E-state index in [9.17, 15) is 4.79 Å². The summed E-state index contributed by atoms with van der Waals surface area (Å²) in [6.45, 7) is 3.89. The molecular formula is C21H23N5O. The van der Waals surface area contributed by atoms with E-state index in [2.05, 4.69) is 68.7 Å². The van der Waals surface area contributed by atoms with Crippen molar-refractivity contribution in [2.75, 3.05) is 0 Å². The van der Waals surface area contributed by atoms with Crippen LogP contribution in [0.1, 0.15) is 29.2 Å². The summed E-state index contributed by atoms with van der Waals surface area (Å²) in [5, 5.41) is 14.1. The van der Waals surface area contributed by atoms with Crippen LogP contribution in [0.15, 0.2) is 48.5 Å². The van der Waals surface area contributed by atoms with E-state index < -0.39 is 0 Å². The van der Waals surface area contributed by atoms with Gasteiger partial charge in [0.05, 0.1) is 6.54 Å². The molecule has 27 heavy (non-hydrogen) atoms. The summed E-state index contributed by atoms with van der Waals surface area (Å²) in [7, 11) is 0. The number of hydrogen-bond donors (Lipinski definition) is 2. The molecule has 4 rings (SSSR count). The van der Waals surface area contributed by atoms with Gasteiger partial charge in [0, 0.05) is 19.5 Å². The van der Waals surface area contributed by atoms with Crippen molar-refractivity contribution in [1.82, 2.24) is 25.4 Å². The lowest BCUT2D eigenvalue weighted by Gasteiger charge is -2.09. The van der Waals surface area contributed by atoms with Gasteiger partial charge in [-0.05, 0) is 36.1 Å². The maximum absolute atomic E-state index is 12.1. The number of aromatic nitrogens is 3. The van der Waals surface area contributed by atoms with Crippen LogP contribution >= 0.6 is 0 Å². The molecule has 1 aliphatic rings. The first-order valence-electron chi connectivity index (χ1n) is 9.28. The SMILES string of the molecule is Cc1cccc(-c2cccc(CNC(=O)NCc3nnc4n3CCC4)c2)c1. The van der Waals surface area contributed by atoms with E-state index in [-0.39, 0.29) is 6.03 Å². The maximum Gasteiger partial charge on any atom is 0.315 e. The molecule has 0 unspecified atom stereocenters. The quantitative estimate of drug-likeness (QED) is 0.733. The van der Waals surface area contributed by atoms with Crippen LogP contribution in [-0.4, -0.2) is 20.8 Å². The molecule has 0 aliphatic carbocycles. The van der Waals surface area contributed by atoms with Gasteiger partial charge < -0.3 is 15.2 Å². The Kier molecular flexibility index (Phi) is 4.87. The number of hydrogen-bond acceptors (Lipinski definition) is 3. The second kappa shape index (κ2) is 7.61. The lowest BCUT2D eigenvalue weighted by Crippen LogP contribution is -2.35. The summed E-state index contributed by atoms with van der Waals surface area (Å²) in [5.41, 5.74) is 4.63. The molecule has 0 saturated carbocycles. The van der Waals surface area contributed by atoms with Crippen LogP contribution < -0.4 is 10.6 Å². The highest BCUT2D eigenvalue weighted by molar-refractivity contribution is 5.74. The Bertz CT molecular complexity index is 963. The molecule has 2 N–H and O–H groups in total. The summed E-state index contributed by atoms with van der Waals surface area (Å²) in [4.78, 5) is 12.1. The predicted octanol–water partition coefficient (Wildman–Crippen LogP) is 3.20. The molecule has 1 aromatic heterocycles. The number of nitrogens with zero attached hydrogens (tertiary/aromatic N) is 3. The first-order chi connectivity index (χ1) is 13.2. The first-order valence-corrected chi connectivity index (χ1v) is 9.28. The second-order valence-corrected chi connectivity index (χ2v) is 6.89. The van der Waals surface area contributed by atoms with Crippen molar-refractivity contribution in [1.29, 1.82) is 0 Å². The summed E-state index contributed by atoms with van der Waals surface area (Å²) in [5.74, 6) is 1.83. The third kappa shape index (κ3) is 4.00. The number of carbonyl (C=O) groups is 1. The van der Waals surface area contributed by atoms with Crippen molar-refractivity contribution >= 4 is 6.03 Å². The van der Waals surface area contributed by atoms with Gasteiger partial charge in [0.15, 0.2) is 5.82 Å². The number of benzene rings is 2. The van der Waals surface area contributed by atoms with Crippen molar-refractivity contribution < 1.29 is 4.79 Å². The van der Waals surface area contributed by atoms with E-state index in [0.29, 0.717) is 13.1 Å². The van der Waals surface area contributed by atoms with E-state index in [4.69, 9.17) is 0 Å². The zero-order valence-electron chi connectivity index (χ0n) is 15.4. The molecule has 0 saturated heterocycles. The Morgan fingerprint density at radius 2 is 1.81 bits per heavy atom. The minimum absolute atomic E-state index is 0.202. The Balaban J connectivity index is 1.33. The molecule has 0 fully saturated rings. The van der Waals surface area contributed by atoms with Crippen LogP contribution in [-0.2, 0) is 26.1 Å². The van der Waals surface area contributed by atoms with Crippen molar-refractivity contribution in [3.63, 3.8) is 0 Å². The minimum atomic E-state index is -0.202. The van der Waals surface area contributed by atoms with Crippen molar-refractivity contribution in [3.05, 3.63) is 71.3 Å². The topological polar surface area (TPSA) is 71.8 Å². The molecule has 0 atom stereocenters. The molecule has 3 aromatic rings. The van der Waals surface area contributed by atoms with Crippen LogP contribution in [0.2, 0.25) is 0 Å². The summed E-state index contributed by atoms with van der Waals surface area (Å²) in [6.07, 6.45) is 2.07. The summed E-state index contributed by atoms with van der Waals surface area (Å²) >= 11 is 0. The lowest BCUT2D eigenvalue weighted by atomic mass is 10.0. The Labute approximate surface area is 158 Å². The third-order valence-corrected chi connectivity index (χ3v) is 4.82. The van der Waals surface area contributed by atoms with Gasteiger partial charge in [-0.15, -0.1) is 10.2 Å². The van der Waals surface area contributed by atoms with E-state index in [1.165, 1.54) is 11.1 Å². The van der Waals surface area contributed by atoms with Crippen molar-refractivity contribution in [2.45, 2.75) is 39.4 Å². The van der Waals surface area contributed by atoms with E-state index in [1.807, 2.05) is 12.1 Å². The van der Waals surface area contributed by atoms with Gasteiger partial charge in [0.25, 0.3) is 0 Å². The number of nitrogens with one attached hydrogen (secondary N) is 2. The number of amides is 2. The number of carbonyl (C=O) groups excluding carboxylic acids is 1. The molecule has 0 spiro atoms. The molecule has 0 bridgehead atoms. The van der Waals surface area contributed by atoms with Gasteiger partial charge in [-0.25, -0.2) is 4.79 Å². The number of urea groups is 1. The fraction of sp³-hybridized carbons (Fsp3) is 0.286. The molecule has 6 nitrogen and oxygen atoms in total. The molecule has 2 amide bonds. The van der Waals surface area contributed by atoms with Gasteiger partial charge in [-0.2, -0.15) is 0 Å². The van der Waals surface area contributed by atoms with E-state index in [0.717, 1.165) is 42.2 Å². The number of fused-ring (bicyclic) bond motifs is 1. The van der Waals surface area contributed by atoms with Gasteiger partial charge in [0.2, 0.25) is 0 Å². The van der Waals surface area contributed by atoms with Crippen LogP contribution in [0.5, 0.6) is 0 Å². The number of rotatable bonds is 5. The largest absolute Gasteiger partial charge is 0.334 e. The van der Waals surface area contributed by atoms with E-state index in [1.54, 1.807) is 0 Å². The average molecular weight is 361 g/mol. The van der Waals surface area contributed by atoms with Crippen LogP contribution in [0.25, 0.3) is 11.1 Å². The van der Waals surface area contributed by atoms with Crippen LogP contribution in [0.4, 0.5) is 4.79 Å². The second-order valence-electron chi connectivity index (χ2n) is 6.89. The monoisotopic (exact) mass is 361 g/mol. The number of aryl methyl sites for hydroxylation is 2. The Morgan fingerprint density at radius 3 is 2.67 bits per heavy atom. The molecular weight excluding hydrogens is 338 g/mol. The van der Waals surface area contributed by atoms with Crippen molar-refractivity contribution in [2.24, 2.45) is 0 Å². The molecule has 1 aliphatic heterocycles. The molecule has 138 valence electrons.